The third kappa shape index (κ3) is 1.57. The summed E-state index contributed by atoms with van der Waals surface area (Å²) in [6, 6.07) is 5.09. The Balaban J connectivity index is 2.86. The zero-order chi connectivity index (χ0) is 11.0. The van der Waals surface area contributed by atoms with Crippen LogP contribution < -0.4 is 10.3 Å². The minimum atomic E-state index is -0.160. The Bertz CT molecular complexity index is 577. The average Bonchev–Trinajstić information content (AvgIpc) is 2.25. The van der Waals surface area contributed by atoms with Crippen LogP contribution in [0.1, 0.15) is 0 Å². The normalized spacial score (nSPS) is 10.6. The Hall–Kier alpha value is -1.55. The molecule has 1 aromatic carbocycles. The second kappa shape index (κ2) is 3.55. The smallest absolute Gasteiger partial charge is 0.262 e. The zero-order valence-electron chi connectivity index (χ0n) is 8.32. The molecule has 5 heteroatoms. The molecule has 0 aliphatic rings. The van der Waals surface area contributed by atoms with E-state index < -0.39 is 0 Å². The van der Waals surface area contributed by atoms with Gasteiger partial charge in [-0.15, -0.1) is 0 Å². The number of halogens is 1. The standard InChI is InChI=1S/C10H9ClN2O2/c1-13-9(14)7-4-3-6(15-2)5-8(7)12-10(13)11/h3-5H,1-2H3. The molecule has 0 aliphatic heterocycles. The molecule has 78 valence electrons. The van der Waals surface area contributed by atoms with E-state index in [1.54, 1.807) is 32.4 Å². The summed E-state index contributed by atoms with van der Waals surface area (Å²) >= 11 is 5.80. The molecule has 2 aromatic rings. The average molecular weight is 225 g/mol. The summed E-state index contributed by atoms with van der Waals surface area (Å²) in [7, 11) is 3.14. The largest absolute Gasteiger partial charge is 0.497 e. The van der Waals surface area contributed by atoms with E-state index in [1.807, 2.05) is 0 Å². The van der Waals surface area contributed by atoms with Crippen molar-refractivity contribution < 1.29 is 4.74 Å². The van der Waals surface area contributed by atoms with Crippen molar-refractivity contribution in [3.05, 3.63) is 33.8 Å². The number of hydrogen-bond donors (Lipinski definition) is 0. The van der Waals surface area contributed by atoms with Crippen molar-refractivity contribution in [2.24, 2.45) is 7.05 Å². The zero-order valence-corrected chi connectivity index (χ0v) is 9.08. The van der Waals surface area contributed by atoms with Gasteiger partial charge in [-0.1, -0.05) is 0 Å². The quantitative estimate of drug-likeness (QED) is 0.691. The van der Waals surface area contributed by atoms with Crippen LogP contribution in [-0.4, -0.2) is 16.7 Å². The van der Waals surface area contributed by atoms with Gasteiger partial charge in [-0.3, -0.25) is 9.36 Å². The predicted molar refractivity (Wildman–Crippen MR) is 58.5 cm³/mol. The summed E-state index contributed by atoms with van der Waals surface area (Å²) < 4.78 is 6.34. The van der Waals surface area contributed by atoms with E-state index in [4.69, 9.17) is 16.3 Å². The number of fused-ring (bicyclic) bond motifs is 1. The van der Waals surface area contributed by atoms with Gasteiger partial charge in [0.1, 0.15) is 5.75 Å². The van der Waals surface area contributed by atoms with Crippen molar-refractivity contribution in [3.8, 4) is 5.75 Å². The summed E-state index contributed by atoms with van der Waals surface area (Å²) in [6.07, 6.45) is 0. The number of methoxy groups -OCH3 is 1. The van der Waals surface area contributed by atoms with E-state index in [9.17, 15) is 4.79 Å². The van der Waals surface area contributed by atoms with Gasteiger partial charge in [0.15, 0.2) is 0 Å². The van der Waals surface area contributed by atoms with Gasteiger partial charge in [-0.2, -0.15) is 0 Å². The molecule has 0 radical (unpaired) electrons. The van der Waals surface area contributed by atoms with Crippen LogP contribution in [0.5, 0.6) is 5.75 Å². The molecule has 1 heterocycles. The van der Waals surface area contributed by atoms with Crippen LogP contribution in [0.15, 0.2) is 23.0 Å². The Morgan fingerprint density at radius 1 is 1.47 bits per heavy atom. The predicted octanol–water partition coefficient (Wildman–Crippen LogP) is 1.60. The molecule has 15 heavy (non-hydrogen) atoms. The molecule has 0 fully saturated rings. The lowest BCUT2D eigenvalue weighted by molar-refractivity contribution is 0.415. The number of benzene rings is 1. The van der Waals surface area contributed by atoms with Gasteiger partial charge in [0.2, 0.25) is 5.28 Å². The number of ether oxygens (including phenoxy) is 1. The van der Waals surface area contributed by atoms with E-state index in [-0.39, 0.29) is 10.8 Å². The first-order valence-corrected chi connectivity index (χ1v) is 4.71. The van der Waals surface area contributed by atoms with Crippen LogP contribution in [0, 0.1) is 0 Å². The molecule has 0 amide bonds. The first-order chi connectivity index (χ1) is 7.13. The fourth-order valence-corrected chi connectivity index (χ4v) is 1.52. The van der Waals surface area contributed by atoms with Crippen LogP contribution >= 0.6 is 11.6 Å². The van der Waals surface area contributed by atoms with Gasteiger partial charge in [-0.05, 0) is 23.7 Å². The monoisotopic (exact) mass is 224 g/mol. The van der Waals surface area contributed by atoms with Gasteiger partial charge < -0.3 is 4.74 Å². The number of hydrogen-bond acceptors (Lipinski definition) is 3. The van der Waals surface area contributed by atoms with E-state index in [1.165, 1.54) is 4.57 Å². The van der Waals surface area contributed by atoms with Crippen LogP contribution in [0.2, 0.25) is 5.28 Å². The van der Waals surface area contributed by atoms with Crippen LogP contribution in [0.4, 0.5) is 0 Å². The Morgan fingerprint density at radius 2 is 2.20 bits per heavy atom. The van der Waals surface area contributed by atoms with E-state index in [2.05, 4.69) is 4.98 Å². The van der Waals surface area contributed by atoms with Gasteiger partial charge in [-0.25, -0.2) is 4.98 Å². The minimum Gasteiger partial charge on any atom is -0.497 e. The molecule has 0 atom stereocenters. The number of rotatable bonds is 1. The molecule has 2 rings (SSSR count). The fourth-order valence-electron chi connectivity index (χ4n) is 1.35. The summed E-state index contributed by atoms with van der Waals surface area (Å²) in [6.45, 7) is 0. The van der Waals surface area contributed by atoms with Crippen molar-refractivity contribution in [1.29, 1.82) is 0 Å². The third-order valence-electron chi connectivity index (χ3n) is 2.23. The SMILES string of the molecule is COc1ccc2c(=O)n(C)c(Cl)nc2c1. The second-order valence-electron chi connectivity index (χ2n) is 3.13. The maximum Gasteiger partial charge on any atom is 0.262 e. The highest BCUT2D eigenvalue weighted by atomic mass is 35.5. The molecular formula is C10H9ClN2O2. The third-order valence-corrected chi connectivity index (χ3v) is 2.57. The molecule has 0 saturated carbocycles. The number of nitrogens with zero attached hydrogens (tertiary/aromatic N) is 2. The molecule has 0 spiro atoms. The first kappa shape index (κ1) is 9.98. The van der Waals surface area contributed by atoms with Gasteiger partial charge in [0.25, 0.3) is 5.56 Å². The Kier molecular flexibility index (Phi) is 2.36. The van der Waals surface area contributed by atoms with Crippen molar-refractivity contribution in [1.82, 2.24) is 9.55 Å². The van der Waals surface area contributed by atoms with Crippen molar-refractivity contribution in [2.45, 2.75) is 0 Å². The number of aromatic nitrogens is 2. The molecule has 0 unspecified atom stereocenters. The summed E-state index contributed by atoms with van der Waals surface area (Å²) in [5, 5.41) is 0.698. The Morgan fingerprint density at radius 3 is 2.87 bits per heavy atom. The highest BCUT2D eigenvalue weighted by molar-refractivity contribution is 6.28. The maximum absolute atomic E-state index is 11.7. The van der Waals surface area contributed by atoms with Crippen LogP contribution in [0.3, 0.4) is 0 Å². The summed E-state index contributed by atoms with van der Waals surface area (Å²) in [5.41, 5.74) is 0.384. The van der Waals surface area contributed by atoms with E-state index in [0.29, 0.717) is 16.7 Å². The van der Waals surface area contributed by atoms with Crippen LogP contribution in [-0.2, 0) is 7.05 Å². The van der Waals surface area contributed by atoms with E-state index >= 15 is 0 Å². The first-order valence-electron chi connectivity index (χ1n) is 4.34. The fraction of sp³-hybridized carbons (Fsp3) is 0.200. The lowest BCUT2D eigenvalue weighted by Crippen LogP contribution is -2.18. The molecule has 0 saturated heterocycles. The molecule has 0 N–H and O–H groups in total. The maximum atomic E-state index is 11.7. The van der Waals surface area contributed by atoms with Crippen molar-refractivity contribution in [3.63, 3.8) is 0 Å². The lowest BCUT2D eigenvalue weighted by Gasteiger charge is -2.04. The van der Waals surface area contributed by atoms with Crippen molar-refractivity contribution in [2.75, 3.05) is 7.11 Å². The van der Waals surface area contributed by atoms with Crippen molar-refractivity contribution >= 4 is 22.5 Å². The second-order valence-corrected chi connectivity index (χ2v) is 3.47. The Labute approximate surface area is 91.1 Å². The summed E-state index contributed by atoms with van der Waals surface area (Å²) in [4.78, 5) is 15.8. The summed E-state index contributed by atoms with van der Waals surface area (Å²) in [5.74, 6) is 0.652. The topological polar surface area (TPSA) is 44.1 Å². The highest BCUT2D eigenvalue weighted by Gasteiger charge is 2.06. The molecule has 0 aliphatic carbocycles. The lowest BCUT2D eigenvalue weighted by atomic mass is 10.2. The highest BCUT2D eigenvalue weighted by Crippen LogP contribution is 2.17. The molecular weight excluding hydrogens is 216 g/mol. The molecule has 0 bridgehead atoms. The van der Waals surface area contributed by atoms with Crippen LogP contribution in [0.25, 0.3) is 10.9 Å². The minimum absolute atomic E-state index is 0.160. The molecule has 1 aromatic heterocycles. The van der Waals surface area contributed by atoms with Gasteiger partial charge in [0, 0.05) is 13.1 Å². The molecule has 4 nitrogen and oxygen atoms in total. The van der Waals surface area contributed by atoms with E-state index in [0.717, 1.165) is 0 Å². The van der Waals surface area contributed by atoms with Gasteiger partial charge >= 0.3 is 0 Å². The van der Waals surface area contributed by atoms with Gasteiger partial charge in [0.05, 0.1) is 18.0 Å².